The van der Waals surface area contributed by atoms with Crippen molar-refractivity contribution in [1.29, 1.82) is 0 Å². The third-order valence-electron chi connectivity index (χ3n) is 6.55. The van der Waals surface area contributed by atoms with Crippen LogP contribution in [0.3, 0.4) is 0 Å². The lowest BCUT2D eigenvalue weighted by Crippen LogP contribution is -2.26. The van der Waals surface area contributed by atoms with Crippen LogP contribution in [0.1, 0.15) is 45.7 Å². The van der Waals surface area contributed by atoms with Crippen molar-refractivity contribution >= 4 is 28.5 Å². The van der Waals surface area contributed by atoms with Gasteiger partial charge in [0.05, 0.1) is 5.71 Å². The van der Waals surface area contributed by atoms with Gasteiger partial charge in [-0.1, -0.05) is 104 Å². The molecule has 190 valence electrons. The van der Waals surface area contributed by atoms with Crippen LogP contribution in [-0.4, -0.2) is 5.71 Å². The Morgan fingerprint density at radius 1 is 0.737 bits per heavy atom. The smallest absolute Gasteiger partial charge is 0.144 e. The second kappa shape index (κ2) is 12.2. The highest BCUT2D eigenvalue weighted by Crippen LogP contribution is 2.43. The van der Waals surface area contributed by atoms with Gasteiger partial charge in [0, 0.05) is 28.1 Å². The average molecular weight is 498 g/mol. The molecule has 38 heavy (non-hydrogen) atoms. The number of aliphatic imine (C=N–C) groups is 1. The van der Waals surface area contributed by atoms with E-state index in [4.69, 9.17) is 9.41 Å². The molecule has 0 amide bonds. The van der Waals surface area contributed by atoms with Crippen LogP contribution in [0.4, 0.5) is 0 Å². The summed E-state index contributed by atoms with van der Waals surface area (Å²) in [6, 6.07) is 17.1. The molecule has 0 atom stereocenters. The van der Waals surface area contributed by atoms with Gasteiger partial charge in [0.2, 0.25) is 0 Å². The van der Waals surface area contributed by atoms with Gasteiger partial charge >= 0.3 is 0 Å². The molecule has 1 aromatic heterocycles. The molecular formula is C36H35NO. The van der Waals surface area contributed by atoms with Gasteiger partial charge in [0.15, 0.2) is 0 Å². The van der Waals surface area contributed by atoms with Crippen LogP contribution in [0.25, 0.3) is 45.2 Å². The Morgan fingerprint density at radius 2 is 1.32 bits per heavy atom. The number of allylic oxidation sites excluding steroid dienone is 10. The maximum Gasteiger partial charge on any atom is 0.144 e. The maximum atomic E-state index is 6.89. The van der Waals surface area contributed by atoms with Gasteiger partial charge in [-0.15, -0.1) is 0 Å². The van der Waals surface area contributed by atoms with Gasteiger partial charge in [-0.2, -0.15) is 0 Å². The van der Waals surface area contributed by atoms with Gasteiger partial charge in [-0.3, -0.25) is 4.99 Å². The molecule has 0 spiro atoms. The minimum atomic E-state index is 0.764. The molecule has 4 rings (SSSR count). The quantitative estimate of drug-likeness (QED) is 0.313. The highest BCUT2D eigenvalue weighted by Gasteiger charge is 2.26. The van der Waals surface area contributed by atoms with Crippen LogP contribution in [0.15, 0.2) is 119 Å². The average Bonchev–Trinajstić information content (AvgIpc) is 3.32. The lowest BCUT2D eigenvalue weighted by Gasteiger charge is -2.20. The van der Waals surface area contributed by atoms with Crippen molar-refractivity contribution in [1.82, 2.24) is 0 Å². The molecule has 0 N–H and O–H groups in total. The van der Waals surface area contributed by atoms with Gasteiger partial charge in [0.25, 0.3) is 0 Å². The molecule has 2 nitrogen and oxygen atoms in total. The Labute approximate surface area is 226 Å². The molecule has 2 aromatic carbocycles. The molecule has 2 heteroatoms. The van der Waals surface area contributed by atoms with E-state index in [9.17, 15) is 0 Å². The van der Waals surface area contributed by atoms with Crippen molar-refractivity contribution in [2.24, 2.45) is 4.99 Å². The summed E-state index contributed by atoms with van der Waals surface area (Å²) in [6.45, 7) is 14.3. The fourth-order valence-electron chi connectivity index (χ4n) is 5.04. The van der Waals surface area contributed by atoms with E-state index in [-0.39, 0.29) is 0 Å². The lowest BCUT2D eigenvalue weighted by atomic mass is 9.82. The molecule has 3 aromatic rings. The van der Waals surface area contributed by atoms with Crippen LogP contribution in [0.5, 0.6) is 0 Å². The number of fused-ring (bicyclic) bond motifs is 5. The summed E-state index contributed by atoms with van der Waals surface area (Å²) in [5, 5.41) is 1.03. The van der Waals surface area contributed by atoms with Gasteiger partial charge in [-0.25, -0.2) is 0 Å². The van der Waals surface area contributed by atoms with E-state index < -0.39 is 0 Å². The Kier molecular flexibility index (Phi) is 8.55. The van der Waals surface area contributed by atoms with E-state index in [1.807, 2.05) is 38.2 Å². The van der Waals surface area contributed by atoms with Crippen molar-refractivity contribution in [3.8, 4) is 22.5 Å². The first-order valence-corrected chi connectivity index (χ1v) is 13.1. The summed E-state index contributed by atoms with van der Waals surface area (Å²) in [5.41, 5.74) is 10.3. The molecule has 1 aliphatic carbocycles. The Bertz CT molecular complexity index is 1660. The predicted octanol–water partition coefficient (Wildman–Crippen LogP) is 8.68. The molecule has 0 saturated heterocycles. The first-order chi connectivity index (χ1) is 18.6. The Hall–Kier alpha value is -4.43. The van der Waals surface area contributed by atoms with Gasteiger partial charge in [-0.05, 0) is 68.5 Å². The molecule has 0 unspecified atom stereocenters. The summed E-state index contributed by atoms with van der Waals surface area (Å²) < 4.78 is 6.89. The third-order valence-corrected chi connectivity index (χ3v) is 6.55. The second-order valence-corrected chi connectivity index (χ2v) is 8.87. The Morgan fingerprint density at radius 3 is 1.84 bits per heavy atom. The molecule has 0 saturated carbocycles. The van der Waals surface area contributed by atoms with Crippen molar-refractivity contribution in [3.63, 3.8) is 0 Å². The molecule has 1 aliphatic rings. The number of nitrogens with zero attached hydrogens (tertiary/aromatic N) is 1. The van der Waals surface area contributed by atoms with E-state index in [2.05, 4.69) is 106 Å². The second-order valence-electron chi connectivity index (χ2n) is 8.87. The summed E-state index contributed by atoms with van der Waals surface area (Å²) >= 11 is 0. The first-order valence-electron chi connectivity index (χ1n) is 13.1. The molecule has 0 bridgehead atoms. The normalized spacial score (nSPS) is 17.2. The number of rotatable bonds is 6. The third kappa shape index (κ3) is 4.78. The van der Waals surface area contributed by atoms with Crippen molar-refractivity contribution < 1.29 is 4.42 Å². The summed E-state index contributed by atoms with van der Waals surface area (Å²) in [7, 11) is 0. The van der Waals surface area contributed by atoms with Crippen LogP contribution in [0.2, 0.25) is 0 Å². The maximum absolute atomic E-state index is 6.89. The Balaban J connectivity index is 2.31. The minimum absolute atomic E-state index is 0.764. The number of hydrogen-bond acceptors (Lipinski definition) is 2. The monoisotopic (exact) mass is 497 g/mol. The number of benzene rings is 2. The number of furan rings is 1. The van der Waals surface area contributed by atoms with E-state index in [1.54, 1.807) is 6.20 Å². The van der Waals surface area contributed by atoms with Crippen LogP contribution in [0, 0.1) is 0 Å². The summed E-state index contributed by atoms with van der Waals surface area (Å²) in [6.07, 6.45) is 20.3. The zero-order valence-corrected chi connectivity index (χ0v) is 23.0. The largest absolute Gasteiger partial charge is 0.455 e. The fraction of sp³-hybridized carbons (Fsp3) is 0.139. The summed E-state index contributed by atoms with van der Waals surface area (Å²) in [4.78, 5) is 4.70. The van der Waals surface area contributed by atoms with Crippen LogP contribution < -0.4 is 10.6 Å². The molecule has 0 radical (unpaired) electrons. The molecular weight excluding hydrogens is 462 g/mol. The fourth-order valence-corrected chi connectivity index (χ4v) is 5.04. The first kappa shape index (κ1) is 26.6. The van der Waals surface area contributed by atoms with Crippen molar-refractivity contribution in [2.75, 3.05) is 0 Å². The summed E-state index contributed by atoms with van der Waals surface area (Å²) in [5.74, 6) is 0.850. The highest BCUT2D eigenvalue weighted by atomic mass is 16.3. The van der Waals surface area contributed by atoms with Gasteiger partial charge in [0.1, 0.15) is 11.2 Å². The zero-order chi connectivity index (χ0) is 27.1. The van der Waals surface area contributed by atoms with E-state index in [1.165, 1.54) is 11.1 Å². The predicted molar refractivity (Wildman–Crippen MR) is 166 cm³/mol. The van der Waals surface area contributed by atoms with Crippen LogP contribution in [-0.2, 0) is 0 Å². The van der Waals surface area contributed by atoms with Crippen molar-refractivity contribution in [3.05, 3.63) is 132 Å². The topological polar surface area (TPSA) is 25.5 Å². The minimum Gasteiger partial charge on any atom is -0.455 e. The zero-order valence-electron chi connectivity index (χ0n) is 23.0. The molecule has 0 aliphatic heterocycles. The highest BCUT2D eigenvalue weighted by molar-refractivity contribution is 6.27. The molecule has 1 heterocycles. The standard InChI is InChI=1S/C36H35NO/c1-7-17-27-28(18-8-2)30-21-14-16-23-32(30)36-34(31-22-15-13-20-29(27)31)26(12-6)35(38-36)25(11-5)33(19-9-3)37-24-10-4/h7-24H,5H2,1-4,6H3/b17-7-,18-8-,19-9-,24-10-,26-12-,28-27-,29-27?,30-28?,34-31?,35-25?,36-32?,37-33+. The lowest BCUT2D eigenvalue weighted by molar-refractivity contribution is 0.544. The number of hydrogen-bond donors (Lipinski definition) is 0. The van der Waals surface area contributed by atoms with E-state index in [0.717, 1.165) is 55.5 Å². The van der Waals surface area contributed by atoms with Crippen LogP contribution >= 0.6 is 0 Å². The van der Waals surface area contributed by atoms with E-state index in [0.29, 0.717) is 0 Å². The molecule has 0 fully saturated rings. The van der Waals surface area contributed by atoms with Gasteiger partial charge < -0.3 is 4.42 Å². The van der Waals surface area contributed by atoms with Crippen molar-refractivity contribution in [2.45, 2.75) is 34.6 Å². The SMILES string of the molecule is C=CC(C(/C=C\C)=N/C=C\C)=c1oc2c(/c1=C/C)-c1ccccc1C(/C=C\C)=C(/C=C\C)c1ccccc1-2. The van der Waals surface area contributed by atoms with E-state index >= 15 is 0 Å².